The van der Waals surface area contributed by atoms with Crippen molar-refractivity contribution in [2.45, 2.75) is 59.9 Å². The molecule has 0 saturated heterocycles. The van der Waals surface area contributed by atoms with E-state index in [-0.39, 0.29) is 17.0 Å². The maximum Gasteiger partial charge on any atom is 0.460 e. The number of aromatic nitrogens is 2. The Balaban J connectivity index is 3.50. The molecular weight excluding hydrogens is 599 g/mol. The molecule has 0 bridgehead atoms. The minimum Gasteiger partial charge on any atom is -0.281 e. The van der Waals surface area contributed by atoms with Crippen molar-refractivity contribution in [2.75, 3.05) is 0 Å². The summed E-state index contributed by atoms with van der Waals surface area (Å²) in [4.78, 5) is 0. The fourth-order valence-corrected chi connectivity index (χ4v) is 3.03. The molecule has 1 heterocycles. The molecule has 5 nitrogen and oxygen atoms in total. The zero-order valence-electron chi connectivity index (χ0n) is 17.1. The molecule has 0 spiro atoms. The Morgan fingerprint density at radius 1 is 0.757 bits per heavy atom. The maximum atomic E-state index is 14.2. The first-order valence-corrected chi connectivity index (χ1v) is 10.0. The van der Waals surface area contributed by atoms with E-state index in [2.05, 4.69) is 0 Å². The zero-order chi connectivity index (χ0) is 30.1. The fraction of sp³-hybridized carbons (Fsp3) is 0.786. The second-order valence-corrected chi connectivity index (χ2v) is 8.70. The van der Waals surface area contributed by atoms with Crippen LogP contribution in [0.1, 0.15) is 12.2 Å². The van der Waals surface area contributed by atoms with Crippen molar-refractivity contribution >= 4 is 10.1 Å². The van der Waals surface area contributed by atoms with Gasteiger partial charge in [-0.2, -0.15) is 83.1 Å². The van der Waals surface area contributed by atoms with Crippen LogP contribution in [-0.2, 0) is 29.6 Å². The summed E-state index contributed by atoms with van der Waals surface area (Å²) in [5.41, 5.74) is 0. The van der Waals surface area contributed by atoms with Gasteiger partial charge in [0.1, 0.15) is 12.4 Å². The predicted octanol–water partition coefficient (Wildman–Crippen LogP) is 5.01. The van der Waals surface area contributed by atoms with Crippen LogP contribution in [0, 0.1) is 0 Å². The van der Waals surface area contributed by atoms with Crippen molar-refractivity contribution < 1.29 is 92.2 Å². The van der Waals surface area contributed by atoms with Gasteiger partial charge in [0.25, 0.3) is 0 Å². The van der Waals surface area contributed by atoms with Gasteiger partial charge >= 0.3 is 62.9 Å². The third-order valence-electron chi connectivity index (χ3n) is 4.71. The summed E-state index contributed by atoms with van der Waals surface area (Å²) in [5.74, 6) is -47.3. The first-order valence-electron chi connectivity index (χ1n) is 8.60. The summed E-state index contributed by atoms with van der Waals surface area (Å²) in [7, 11) is -6.58. The van der Waals surface area contributed by atoms with Gasteiger partial charge in [0.15, 0.2) is 0 Å². The van der Waals surface area contributed by atoms with Crippen molar-refractivity contribution in [1.82, 2.24) is 4.57 Å². The summed E-state index contributed by atoms with van der Waals surface area (Å²) >= 11 is 0. The SMILES string of the molecule is C[n+]1ccn(CCC(F)(F)C(F)(F)C(F)(F)C(F)(F)C(F)(F)C(F)(F)F)c1C(F)(F)C(F)(F)S(=O)(=O)O. The minimum absolute atomic E-state index is 0.0437. The second-order valence-electron chi connectivity index (χ2n) is 7.24. The van der Waals surface area contributed by atoms with E-state index in [0.29, 0.717) is 7.05 Å². The molecule has 0 amide bonds. The van der Waals surface area contributed by atoms with Crippen molar-refractivity contribution in [3.63, 3.8) is 0 Å². The average Bonchev–Trinajstić information content (AvgIpc) is 3.05. The molecule has 218 valence electrons. The number of imidazole rings is 1. The van der Waals surface area contributed by atoms with Crippen molar-refractivity contribution in [3.8, 4) is 0 Å². The van der Waals surface area contributed by atoms with Crippen LogP contribution < -0.4 is 4.57 Å². The molecule has 1 aromatic rings. The summed E-state index contributed by atoms with van der Waals surface area (Å²) in [5, 5.41) is -6.43. The lowest BCUT2D eigenvalue weighted by Crippen LogP contribution is -2.70. The Bertz CT molecular complexity index is 1110. The summed E-state index contributed by atoms with van der Waals surface area (Å²) in [6.07, 6.45) is -10.4. The van der Waals surface area contributed by atoms with Crippen molar-refractivity contribution in [3.05, 3.63) is 18.2 Å². The normalized spacial score (nSPS) is 15.9. The van der Waals surface area contributed by atoms with Gasteiger partial charge < -0.3 is 0 Å². The second kappa shape index (κ2) is 8.73. The number of hydrogen-bond donors (Lipinski definition) is 1. The summed E-state index contributed by atoms with van der Waals surface area (Å²) in [6.45, 7) is -2.27. The molecule has 0 saturated carbocycles. The standard InChI is InChI=1S/C14H9F17N2O3S/c1-32-4-5-33(6(32)8(17,18)14(30,31)37(34,35)36)3-2-7(15,16)9(19,20)10(21,22)11(23,24)12(25,26)13(27,28)29/h4-5H,2-3H2,1H3/p+1. The third-order valence-corrected chi connectivity index (χ3v) is 5.62. The highest BCUT2D eigenvalue weighted by molar-refractivity contribution is 7.86. The molecule has 1 rings (SSSR count). The first-order chi connectivity index (χ1) is 15.9. The first kappa shape index (κ1) is 33.0. The lowest BCUT2D eigenvalue weighted by Gasteiger charge is -2.39. The number of rotatable bonds is 10. The van der Waals surface area contributed by atoms with Gasteiger partial charge in [0.2, 0.25) is 0 Å². The van der Waals surface area contributed by atoms with Gasteiger partial charge in [-0.3, -0.25) is 4.55 Å². The van der Waals surface area contributed by atoms with Gasteiger partial charge in [0.05, 0.1) is 20.0 Å². The Morgan fingerprint density at radius 3 is 1.54 bits per heavy atom. The summed E-state index contributed by atoms with van der Waals surface area (Å²) in [6, 6.07) is 0. The van der Waals surface area contributed by atoms with E-state index in [1.165, 1.54) is 0 Å². The Hall–Kier alpha value is -2.07. The Kier molecular flexibility index (Phi) is 7.77. The number of nitrogens with zero attached hydrogens (tertiary/aromatic N) is 2. The van der Waals surface area contributed by atoms with Crippen molar-refractivity contribution in [2.24, 2.45) is 7.05 Å². The van der Waals surface area contributed by atoms with Crippen LogP contribution in [0.4, 0.5) is 74.6 Å². The smallest absolute Gasteiger partial charge is 0.281 e. The van der Waals surface area contributed by atoms with Crippen LogP contribution in [0.2, 0.25) is 0 Å². The Morgan fingerprint density at radius 2 is 1.16 bits per heavy atom. The fourth-order valence-electron chi connectivity index (χ4n) is 2.62. The largest absolute Gasteiger partial charge is 0.460 e. The predicted molar refractivity (Wildman–Crippen MR) is 81.4 cm³/mol. The lowest BCUT2D eigenvalue weighted by molar-refractivity contribution is -0.689. The highest BCUT2D eigenvalue weighted by atomic mass is 32.2. The zero-order valence-corrected chi connectivity index (χ0v) is 17.9. The van der Waals surface area contributed by atoms with Crippen LogP contribution in [0.15, 0.2) is 12.4 Å². The molecule has 0 unspecified atom stereocenters. The van der Waals surface area contributed by atoms with Gasteiger partial charge in [0, 0.05) is 0 Å². The highest BCUT2D eigenvalue weighted by Gasteiger charge is 2.90. The molecule has 1 aromatic heterocycles. The molecule has 0 aliphatic carbocycles. The van der Waals surface area contributed by atoms with Crippen LogP contribution in [0.5, 0.6) is 0 Å². The van der Waals surface area contributed by atoms with Crippen LogP contribution in [0.3, 0.4) is 0 Å². The van der Waals surface area contributed by atoms with E-state index in [0.717, 1.165) is 0 Å². The number of halogens is 17. The summed E-state index contributed by atoms with van der Waals surface area (Å²) < 4.78 is 255. The van der Waals surface area contributed by atoms with E-state index < -0.39 is 80.4 Å². The molecule has 0 aromatic carbocycles. The molecule has 0 fully saturated rings. The van der Waals surface area contributed by atoms with Crippen molar-refractivity contribution in [1.29, 1.82) is 0 Å². The van der Waals surface area contributed by atoms with E-state index in [1.807, 2.05) is 0 Å². The topological polar surface area (TPSA) is 63.2 Å². The molecule has 0 aliphatic rings. The third kappa shape index (κ3) is 4.68. The van der Waals surface area contributed by atoms with E-state index >= 15 is 0 Å². The molecule has 23 heteroatoms. The van der Waals surface area contributed by atoms with Crippen LogP contribution in [0.25, 0.3) is 0 Å². The molecular formula is C14H10F17N2O3S+. The van der Waals surface area contributed by atoms with E-state index in [4.69, 9.17) is 4.55 Å². The molecule has 0 aliphatic heterocycles. The molecule has 37 heavy (non-hydrogen) atoms. The van der Waals surface area contributed by atoms with Gasteiger partial charge in [-0.1, -0.05) is 0 Å². The average molecular weight is 609 g/mol. The van der Waals surface area contributed by atoms with E-state index in [9.17, 15) is 83.1 Å². The molecule has 0 radical (unpaired) electrons. The number of hydrogen-bond acceptors (Lipinski definition) is 2. The van der Waals surface area contributed by atoms with Crippen LogP contribution in [-0.4, -0.2) is 58.6 Å². The van der Waals surface area contributed by atoms with E-state index in [1.54, 1.807) is 0 Å². The van der Waals surface area contributed by atoms with Gasteiger partial charge in [-0.25, -0.2) is 9.13 Å². The van der Waals surface area contributed by atoms with Gasteiger partial charge in [-0.15, -0.1) is 0 Å². The lowest BCUT2D eigenvalue weighted by atomic mass is 9.92. The van der Waals surface area contributed by atoms with Crippen LogP contribution >= 0.6 is 0 Å². The number of alkyl halides is 17. The Labute approximate surface area is 193 Å². The molecule has 1 N–H and O–H groups in total. The van der Waals surface area contributed by atoms with Gasteiger partial charge in [-0.05, 0) is 0 Å². The highest BCUT2D eigenvalue weighted by Crippen LogP contribution is 2.60. The quantitative estimate of drug-likeness (QED) is 0.231. The monoisotopic (exact) mass is 609 g/mol. The maximum absolute atomic E-state index is 14.2. The number of aryl methyl sites for hydroxylation is 2. The molecule has 0 atom stereocenters. The minimum atomic E-state index is -8.21.